The van der Waals surface area contributed by atoms with E-state index in [4.69, 9.17) is 5.73 Å². The number of nitrogens with one attached hydrogen (secondary N) is 1. The van der Waals surface area contributed by atoms with Crippen LogP contribution in [0.3, 0.4) is 0 Å². The highest BCUT2D eigenvalue weighted by molar-refractivity contribution is 7.12. The van der Waals surface area contributed by atoms with Crippen molar-refractivity contribution in [2.75, 3.05) is 12.3 Å². The topological polar surface area (TPSA) is 55.1 Å². The number of carbonyl (C=O) groups is 1. The third-order valence-corrected chi connectivity index (χ3v) is 4.93. The summed E-state index contributed by atoms with van der Waals surface area (Å²) in [5.41, 5.74) is 6.33. The SMILES string of the molecule is CCC1CCC(CNC(=O)c2sccc2N)CC1. The summed E-state index contributed by atoms with van der Waals surface area (Å²) in [6.45, 7) is 3.07. The van der Waals surface area contributed by atoms with Crippen LogP contribution in [0.1, 0.15) is 48.7 Å². The van der Waals surface area contributed by atoms with Gasteiger partial charge in [0.2, 0.25) is 0 Å². The van der Waals surface area contributed by atoms with Gasteiger partial charge in [0.05, 0.1) is 5.69 Å². The summed E-state index contributed by atoms with van der Waals surface area (Å²) < 4.78 is 0. The van der Waals surface area contributed by atoms with Crippen LogP contribution in [0.15, 0.2) is 11.4 Å². The number of nitrogens with two attached hydrogens (primary N) is 1. The van der Waals surface area contributed by atoms with Crippen molar-refractivity contribution < 1.29 is 4.79 Å². The van der Waals surface area contributed by atoms with Crippen LogP contribution in [0.2, 0.25) is 0 Å². The van der Waals surface area contributed by atoms with Crippen LogP contribution < -0.4 is 11.1 Å². The van der Waals surface area contributed by atoms with Crippen molar-refractivity contribution in [2.45, 2.75) is 39.0 Å². The molecule has 3 N–H and O–H groups in total. The third kappa shape index (κ3) is 3.25. The Bertz CT molecular complexity index is 394. The van der Waals surface area contributed by atoms with Gasteiger partial charge in [0.15, 0.2) is 0 Å². The minimum atomic E-state index is -0.0138. The third-order valence-electron chi connectivity index (χ3n) is 4.00. The van der Waals surface area contributed by atoms with Gasteiger partial charge in [-0.25, -0.2) is 0 Å². The standard InChI is InChI=1S/C14H22N2OS/c1-2-10-3-5-11(6-4-10)9-16-14(17)13-12(15)7-8-18-13/h7-8,10-11H,2-6,9,15H2,1H3,(H,16,17). The molecule has 1 heterocycles. The first-order valence-electron chi connectivity index (χ1n) is 6.81. The van der Waals surface area contributed by atoms with E-state index in [2.05, 4.69) is 12.2 Å². The van der Waals surface area contributed by atoms with Gasteiger partial charge in [0, 0.05) is 6.54 Å². The maximum absolute atomic E-state index is 11.9. The normalized spacial score (nSPS) is 23.8. The van der Waals surface area contributed by atoms with E-state index in [9.17, 15) is 4.79 Å². The number of nitrogen functional groups attached to an aromatic ring is 1. The van der Waals surface area contributed by atoms with Crippen molar-refractivity contribution in [3.05, 3.63) is 16.3 Å². The molecule has 0 bridgehead atoms. The molecule has 0 saturated heterocycles. The Kier molecular flexibility index (Phi) is 4.64. The molecule has 1 aromatic heterocycles. The number of amides is 1. The number of hydrogen-bond donors (Lipinski definition) is 2. The quantitative estimate of drug-likeness (QED) is 0.878. The van der Waals surface area contributed by atoms with E-state index in [1.165, 1.54) is 43.4 Å². The minimum Gasteiger partial charge on any atom is -0.397 e. The van der Waals surface area contributed by atoms with Crippen molar-refractivity contribution >= 4 is 22.9 Å². The zero-order valence-electron chi connectivity index (χ0n) is 10.9. The summed E-state index contributed by atoms with van der Waals surface area (Å²) in [5, 5.41) is 4.88. The highest BCUT2D eigenvalue weighted by atomic mass is 32.1. The van der Waals surface area contributed by atoms with Crippen LogP contribution in [0.5, 0.6) is 0 Å². The lowest BCUT2D eigenvalue weighted by molar-refractivity contribution is 0.0946. The summed E-state index contributed by atoms with van der Waals surface area (Å²) in [6.07, 6.45) is 6.43. The van der Waals surface area contributed by atoms with Crippen LogP contribution in [0.25, 0.3) is 0 Å². The lowest BCUT2D eigenvalue weighted by Crippen LogP contribution is -2.31. The summed E-state index contributed by atoms with van der Waals surface area (Å²) >= 11 is 1.41. The molecule has 1 saturated carbocycles. The number of anilines is 1. The predicted molar refractivity (Wildman–Crippen MR) is 76.8 cm³/mol. The molecule has 0 aliphatic heterocycles. The zero-order valence-corrected chi connectivity index (χ0v) is 11.8. The van der Waals surface area contributed by atoms with Crippen LogP contribution in [-0.4, -0.2) is 12.5 Å². The van der Waals surface area contributed by atoms with Gasteiger partial charge in [0.1, 0.15) is 4.88 Å². The Morgan fingerprint density at radius 1 is 1.39 bits per heavy atom. The second-order valence-electron chi connectivity index (χ2n) is 5.21. The number of rotatable bonds is 4. The van der Waals surface area contributed by atoms with Gasteiger partial charge in [-0.1, -0.05) is 26.2 Å². The Hall–Kier alpha value is -1.03. The largest absolute Gasteiger partial charge is 0.397 e. The molecule has 0 unspecified atom stereocenters. The molecule has 0 aromatic carbocycles. The van der Waals surface area contributed by atoms with Crippen molar-refractivity contribution in [2.24, 2.45) is 11.8 Å². The first-order valence-corrected chi connectivity index (χ1v) is 7.69. The highest BCUT2D eigenvalue weighted by Gasteiger charge is 2.21. The first-order chi connectivity index (χ1) is 8.70. The van der Waals surface area contributed by atoms with Crippen molar-refractivity contribution in [3.63, 3.8) is 0 Å². The molecule has 0 radical (unpaired) electrons. The molecular formula is C14H22N2OS. The van der Waals surface area contributed by atoms with E-state index in [1.807, 2.05) is 5.38 Å². The van der Waals surface area contributed by atoms with Gasteiger partial charge in [-0.15, -0.1) is 11.3 Å². The first kappa shape index (κ1) is 13.4. The van der Waals surface area contributed by atoms with E-state index >= 15 is 0 Å². The Morgan fingerprint density at radius 3 is 2.61 bits per heavy atom. The number of carbonyl (C=O) groups excluding carboxylic acids is 1. The van der Waals surface area contributed by atoms with Gasteiger partial charge in [-0.2, -0.15) is 0 Å². The van der Waals surface area contributed by atoms with E-state index in [0.717, 1.165) is 12.5 Å². The van der Waals surface area contributed by atoms with E-state index in [-0.39, 0.29) is 5.91 Å². The summed E-state index contributed by atoms with van der Waals surface area (Å²) in [6, 6.07) is 1.78. The molecule has 2 rings (SSSR count). The maximum atomic E-state index is 11.9. The van der Waals surface area contributed by atoms with Gasteiger partial charge >= 0.3 is 0 Å². The average Bonchev–Trinajstić information content (AvgIpc) is 2.83. The fourth-order valence-corrected chi connectivity index (χ4v) is 3.40. The van der Waals surface area contributed by atoms with Crippen LogP contribution in [0.4, 0.5) is 5.69 Å². The summed E-state index contributed by atoms with van der Waals surface area (Å²) in [5.74, 6) is 1.54. The van der Waals surface area contributed by atoms with Gasteiger partial charge < -0.3 is 11.1 Å². The average molecular weight is 266 g/mol. The lowest BCUT2D eigenvalue weighted by Gasteiger charge is -2.27. The van der Waals surface area contributed by atoms with Crippen LogP contribution in [-0.2, 0) is 0 Å². The Morgan fingerprint density at radius 2 is 2.06 bits per heavy atom. The molecule has 0 atom stereocenters. The molecule has 1 aromatic rings. The summed E-state index contributed by atoms with van der Waals surface area (Å²) in [4.78, 5) is 12.6. The highest BCUT2D eigenvalue weighted by Crippen LogP contribution is 2.30. The molecule has 1 aliphatic carbocycles. The molecule has 1 amide bonds. The number of thiophene rings is 1. The fourth-order valence-electron chi connectivity index (χ4n) is 2.66. The van der Waals surface area contributed by atoms with Crippen LogP contribution >= 0.6 is 11.3 Å². The monoisotopic (exact) mass is 266 g/mol. The molecule has 1 fully saturated rings. The molecular weight excluding hydrogens is 244 g/mol. The smallest absolute Gasteiger partial charge is 0.263 e. The Balaban J connectivity index is 1.76. The molecule has 1 aliphatic rings. The fraction of sp³-hybridized carbons (Fsp3) is 0.643. The molecule has 3 nitrogen and oxygen atoms in total. The van der Waals surface area contributed by atoms with E-state index in [1.54, 1.807) is 6.07 Å². The van der Waals surface area contributed by atoms with Gasteiger partial charge in [-0.3, -0.25) is 4.79 Å². The molecule has 4 heteroatoms. The number of hydrogen-bond acceptors (Lipinski definition) is 3. The Labute approximate surface area is 113 Å². The summed E-state index contributed by atoms with van der Waals surface area (Å²) in [7, 11) is 0. The maximum Gasteiger partial charge on any atom is 0.263 e. The molecule has 18 heavy (non-hydrogen) atoms. The van der Waals surface area contributed by atoms with Crippen molar-refractivity contribution in [1.82, 2.24) is 5.32 Å². The predicted octanol–water partition coefficient (Wildman–Crippen LogP) is 3.28. The zero-order chi connectivity index (χ0) is 13.0. The second kappa shape index (κ2) is 6.23. The molecule has 100 valence electrons. The van der Waals surface area contributed by atoms with Crippen LogP contribution in [0, 0.1) is 11.8 Å². The lowest BCUT2D eigenvalue weighted by atomic mass is 9.81. The van der Waals surface area contributed by atoms with Crippen molar-refractivity contribution in [1.29, 1.82) is 0 Å². The minimum absolute atomic E-state index is 0.0138. The molecule has 0 spiro atoms. The van der Waals surface area contributed by atoms with Gasteiger partial charge in [0.25, 0.3) is 5.91 Å². The van der Waals surface area contributed by atoms with E-state index < -0.39 is 0 Å². The van der Waals surface area contributed by atoms with Gasteiger partial charge in [-0.05, 0) is 36.1 Å². The second-order valence-corrected chi connectivity index (χ2v) is 6.13. The van der Waals surface area contributed by atoms with Crippen molar-refractivity contribution in [3.8, 4) is 0 Å². The van der Waals surface area contributed by atoms with E-state index in [0.29, 0.717) is 16.5 Å².